The summed E-state index contributed by atoms with van der Waals surface area (Å²) in [7, 11) is -2.75. The van der Waals surface area contributed by atoms with Crippen LogP contribution in [0.15, 0.2) is 11.8 Å². The monoisotopic (exact) mass is 272 g/mol. The third-order valence-electron chi connectivity index (χ3n) is 4.35. The van der Waals surface area contributed by atoms with Crippen LogP contribution in [0.3, 0.4) is 0 Å². The van der Waals surface area contributed by atoms with Gasteiger partial charge in [0.2, 0.25) is 0 Å². The van der Waals surface area contributed by atoms with Gasteiger partial charge < -0.3 is 4.74 Å². The van der Waals surface area contributed by atoms with Gasteiger partial charge in [-0.15, -0.1) is 0 Å². The highest BCUT2D eigenvalue weighted by molar-refractivity contribution is 7.91. The zero-order valence-electron chi connectivity index (χ0n) is 11.3. The van der Waals surface area contributed by atoms with E-state index in [1.165, 1.54) is 31.3 Å². The molecule has 0 atom stereocenters. The van der Waals surface area contributed by atoms with Crippen LogP contribution in [0, 0.1) is 5.41 Å². The summed E-state index contributed by atoms with van der Waals surface area (Å²) in [5.74, 6) is 0.704. The van der Waals surface area contributed by atoms with E-state index in [2.05, 4.69) is 6.92 Å². The Balaban J connectivity index is 1.71. The van der Waals surface area contributed by atoms with Crippen molar-refractivity contribution in [3.05, 3.63) is 11.8 Å². The molecule has 2 rings (SSSR count). The highest BCUT2D eigenvalue weighted by atomic mass is 32.2. The van der Waals surface area contributed by atoms with Crippen molar-refractivity contribution in [2.75, 3.05) is 18.1 Å². The Labute approximate surface area is 111 Å². The first-order valence-electron chi connectivity index (χ1n) is 6.99. The Morgan fingerprint density at radius 2 is 1.83 bits per heavy atom. The van der Waals surface area contributed by atoms with E-state index < -0.39 is 9.84 Å². The fourth-order valence-corrected chi connectivity index (χ4v) is 4.52. The molecule has 0 radical (unpaired) electrons. The Kier molecular flexibility index (Phi) is 4.36. The van der Waals surface area contributed by atoms with Gasteiger partial charge in [0, 0.05) is 0 Å². The number of hydrogen-bond donors (Lipinski definition) is 0. The molecular weight excluding hydrogens is 248 g/mol. The predicted molar refractivity (Wildman–Crippen MR) is 73.1 cm³/mol. The highest BCUT2D eigenvalue weighted by Gasteiger charge is 2.32. The molecule has 1 saturated carbocycles. The van der Waals surface area contributed by atoms with Gasteiger partial charge in [-0.05, 0) is 55.9 Å². The molecule has 0 N–H and O–H groups in total. The van der Waals surface area contributed by atoms with Gasteiger partial charge in [0.1, 0.15) is 9.84 Å². The van der Waals surface area contributed by atoms with E-state index in [4.69, 9.17) is 4.74 Å². The minimum atomic E-state index is -2.75. The topological polar surface area (TPSA) is 43.4 Å². The van der Waals surface area contributed by atoms with E-state index in [1.807, 2.05) is 6.26 Å². The lowest BCUT2D eigenvalue weighted by molar-refractivity contribution is 0.163. The average molecular weight is 272 g/mol. The third kappa shape index (κ3) is 4.01. The van der Waals surface area contributed by atoms with Crippen molar-refractivity contribution in [2.45, 2.75) is 51.9 Å². The molecule has 0 spiro atoms. The molecule has 0 aromatic carbocycles. The summed E-state index contributed by atoms with van der Waals surface area (Å²) in [4.78, 5) is 0. The van der Waals surface area contributed by atoms with Gasteiger partial charge >= 0.3 is 0 Å². The minimum absolute atomic E-state index is 0.152. The lowest BCUT2D eigenvalue weighted by Gasteiger charge is -2.33. The van der Waals surface area contributed by atoms with Crippen LogP contribution in [0.25, 0.3) is 0 Å². The molecule has 3 nitrogen and oxygen atoms in total. The van der Waals surface area contributed by atoms with E-state index in [-0.39, 0.29) is 5.41 Å². The maximum absolute atomic E-state index is 11.4. The van der Waals surface area contributed by atoms with Gasteiger partial charge in [0.25, 0.3) is 0 Å². The molecule has 1 aliphatic heterocycles. The van der Waals surface area contributed by atoms with Crippen LogP contribution in [-0.4, -0.2) is 26.5 Å². The summed E-state index contributed by atoms with van der Waals surface area (Å²) in [6, 6.07) is 0. The summed E-state index contributed by atoms with van der Waals surface area (Å²) in [5, 5.41) is 0. The first-order valence-corrected chi connectivity index (χ1v) is 8.81. The lowest BCUT2D eigenvalue weighted by atomic mass is 9.81. The average Bonchev–Trinajstić information content (AvgIpc) is 2.83. The molecule has 104 valence electrons. The summed E-state index contributed by atoms with van der Waals surface area (Å²) in [6.07, 6.45) is 9.45. The van der Waals surface area contributed by atoms with Crippen molar-refractivity contribution in [1.82, 2.24) is 0 Å². The number of hydrogen-bond acceptors (Lipinski definition) is 3. The zero-order chi connectivity index (χ0) is 13.1. The summed E-state index contributed by atoms with van der Waals surface area (Å²) >= 11 is 0. The van der Waals surface area contributed by atoms with Gasteiger partial charge in [-0.25, -0.2) is 8.42 Å². The highest BCUT2D eigenvalue weighted by Crippen LogP contribution is 2.35. The Bertz CT molecular complexity index is 387. The molecule has 2 fully saturated rings. The van der Waals surface area contributed by atoms with Gasteiger partial charge in [0.05, 0.1) is 24.4 Å². The van der Waals surface area contributed by atoms with Gasteiger partial charge in [-0.1, -0.05) is 6.92 Å². The molecular formula is C14H24O3S. The van der Waals surface area contributed by atoms with Crippen molar-refractivity contribution >= 4 is 9.84 Å². The van der Waals surface area contributed by atoms with Crippen molar-refractivity contribution in [1.29, 1.82) is 0 Å². The largest absolute Gasteiger partial charge is 0.501 e. The fraction of sp³-hybridized carbons (Fsp3) is 0.857. The number of allylic oxidation sites excluding steroid dienone is 1. The van der Waals surface area contributed by atoms with E-state index in [0.717, 1.165) is 25.9 Å². The van der Waals surface area contributed by atoms with Crippen LogP contribution < -0.4 is 0 Å². The maximum atomic E-state index is 11.4. The van der Waals surface area contributed by atoms with Gasteiger partial charge in [0.15, 0.2) is 0 Å². The first kappa shape index (κ1) is 13.9. The van der Waals surface area contributed by atoms with Crippen LogP contribution >= 0.6 is 0 Å². The molecule has 0 aromatic rings. The minimum Gasteiger partial charge on any atom is -0.501 e. The number of ether oxygens (including phenoxy) is 1. The maximum Gasteiger partial charge on any atom is 0.150 e. The Hall–Kier alpha value is -0.510. The van der Waals surface area contributed by atoms with E-state index in [1.54, 1.807) is 0 Å². The van der Waals surface area contributed by atoms with Crippen LogP contribution in [0.5, 0.6) is 0 Å². The SMILES string of the molecule is CC1(CCOC=C2CCCC2)CCS(=O)(=O)CC1. The smallest absolute Gasteiger partial charge is 0.150 e. The molecule has 2 aliphatic rings. The normalized spacial score (nSPS) is 25.9. The van der Waals surface area contributed by atoms with Gasteiger partial charge in [-0.2, -0.15) is 0 Å². The van der Waals surface area contributed by atoms with E-state index in [9.17, 15) is 8.42 Å². The first-order chi connectivity index (χ1) is 8.49. The third-order valence-corrected chi connectivity index (χ3v) is 6.00. The Morgan fingerprint density at radius 3 is 2.44 bits per heavy atom. The standard InChI is InChI=1S/C14H24O3S/c1-14(7-10-18(15,16)11-8-14)6-9-17-12-13-4-2-3-5-13/h12H,2-11H2,1H3. The molecule has 0 unspecified atom stereocenters. The molecule has 1 heterocycles. The summed E-state index contributed by atoms with van der Waals surface area (Å²) in [6.45, 7) is 2.91. The van der Waals surface area contributed by atoms with Crippen molar-refractivity contribution in [3.8, 4) is 0 Å². The molecule has 0 amide bonds. The second-order valence-electron chi connectivity index (χ2n) is 6.07. The van der Waals surface area contributed by atoms with Crippen LogP contribution in [0.1, 0.15) is 51.9 Å². The molecule has 1 aliphatic carbocycles. The Morgan fingerprint density at radius 1 is 1.22 bits per heavy atom. The van der Waals surface area contributed by atoms with Crippen molar-refractivity contribution in [3.63, 3.8) is 0 Å². The van der Waals surface area contributed by atoms with E-state index in [0.29, 0.717) is 11.5 Å². The molecule has 4 heteroatoms. The van der Waals surface area contributed by atoms with Gasteiger partial charge in [-0.3, -0.25) is 0 Å². The number of sulfone groups is 1. The quantitative estimate of drug-likeness (QED) is 0.583. The predicted octanol–water partition coefficient (Wildman–Crippen LogP) is 3.07. The van der Waals surface area contributed by atoms with E-state index >= 15 is 0 Å². The second kappa shape index (κ2) is 5.64. The molecule has 0 aromatic heterocycles. The fourth-order valence-electron chi connectivity index (χ4n) is 2.71. The zero-order valence-corrected chi connectivity index (χ0v) is 12.1. The van der Waals surface area contributed by atoms with Crippen LogP contribution in [0.2, 0.25) is 0 Å². The second-order valence-corrected chi connectivity index (χ2v) is 8.37. The number of rotatable bonds is 4. The van der Waals surface area contributed by atoms with Crippen molar-refractivity contribution in [2.24, 2.45) is 5.41 Å². The summed E-state index contributed by atoms with van der Waals surface area (Å²) < 4.78 is 28.4. The molecule has 18 heavy (non-hydrogen) atoms. The summed E-state index contributed by atoms with van der Waals surface area (Å²) in [5.41, 5.74) is 1.59. The lowest BCUT2D eigenvalue weighted by Crippen LogP contribution is -2.32. The van der Waals surface area contributed by atoms with Crippen LogP contribution in [0.4, 0.5) is 0 Å². The molecule has 0 bridgehead atoms. The van der Waals surface area contributed by atoms with Crippen molar-refractivity contribution < 1.29 is 13.2 Å². The molecule has 1 saturated heterocycles. The van der Waals surface area contributed by atoms with Crippen LogP contribution in [-0.2, 0) is 14.6 Å².